The molecule has 1 amide bonds. The monoisotopic (exact) mass is 365 g/mol. The molecule has 7 heteroatoms. The zero-order chi connectivity index (χ0) is 19.3. The summed E-state index contributed by atoms with van der Waals surface area (Å²) in [5.74, 6) is -1.08. The van der Waals surface area contributed by atoms with Crippen LogP contribution in [0.2, 0.25) is 0 Å². The number of nitrogens with one attached hydrogen (secondary N) is 1. The van der Waals surface area contributed by atoms with Crippen LogP contribution in [-0.4, -0.2) is 24.5 Å². The third-order valence-electron chi connectivity index (χ3n) is 3.46. The minimum Gasteiger partial charge on any atom is -0.462 e. The maximum atomic E-state index is 12.7. The van der Waals surface area contributed by atoms with Gasteiger partial charge in [-0.25, -0.2) is 0 Å². The molecule has 0 atom stereocenters. The molecule has 0 saturated heterocycles. The summed E-state index contributed by atoms with van der Waals surface area (Å²) < 4.78 is 43.0. The van der Waals surface area contributed by atoms with Crippen LogP contribution < -0.4 is 5.32 Å². The van der Waals surface area contributed by atoms with Crippen molar-refractivity contribution < 1.29 is 27.5 Å². The van der Waals surface area contributed by atoms with E-state index >= 15 is 0 Å². The third-order valence-corrected chi connectivity index (χ3v) is 3.46. The molecule has 0 aliphatic rings. The zero-order valence-electron chi connectivity index (χ0n) is 14.3. The lowest BCUT2D eigenvalue weighted by Gasteiger charge is -2.12. The molecule has 0 aliphatic carbocycles. The van der Waals surface area contributed by atoms with E-state index in [2.05, 4.69) is 5.32 Å². The lowest BCUT2D eigenvalue weighted by molar-refractivity contribution is -0.146. The largest absolute Gasteiger partial charge is 0.462 e. The van der Waals surface area contributed by atoms with Crippen LogP contribution in [0.3, 0.4) is 0 Å². The highest BCUT2D eigenvalue weighted by Crippen LogP contribution is 2.31. The molecular weight excluding hydrogens is 347 g/mol. The van der Waals surface area contributed by atoms with Crippen LogP contribution >= 0.6 is 0 Å². The van der Waals surface area contributed by atoms with Gasteiger partial charge in [-0.15, -0.1) is 0 Å². The van der Waals surface area contributed by atoms with Crippen LogP contribution in [0.1, 0.15) is 29.8 Å². The first-order valence-corrected chi connectivity index (χ1v) is 7.93. The van der Waals surface area contributed by atoms with Gasteiger partial charge in [0.2, 0.25) is 0 Å². The number of carbonyl (C=O) groups is 2. The SMILES string of the molecule is CC(C)OC(=O)CNC(=O)c1ccccc1-c1ccc(C(F)(F)F)cc1. The molecule has 0 unspecified atom stereocenters. The van der Waals surface area contributed by atoms with E-state index in [1.165, 1.54) is 18.2 Å². The highest BCUT2D eigenvalue weighted by Gasteiger charge is 2.30. The smallest absolute Gasteiger partial charge is 0.416 e. The molecule has 2 aromatic carbocycles. The Kier molecular flexibility index (Phi) is 6.02. The predicted molar refractivity (Wildman–Crippen MR) is 90.4 cm³/mol. The number of hydrogen-bond donors (Lipinski definition) is 1. The summed E-state index contributed by atoms with van der Waals surface area (Å²) in [6.07, 6.45) is -4.72. The molecule has 4 nitrogen and oxygen atoms in total. The topological polar surface area (TPSA) is 55.4 Å². The maximum Gasteiger partial charge on any atom is 0.416 e. The standard InChI is InChI=1S/C19H18F3NO3/c1-12(2)26-17(24)11-23-18(25)16-6-4-3-5-15(16)13-7-9-14(10-8-13)19(20,21)22/h3-10,12H,11H2,1-2H3,(H,23,25). The molecule has 1 N–H and O–H groups in total. The first kappa shape index (κ1) is 19.5. The van der Waals surface area contributed by atoms with Gasteiger partial charge in [0.05, 0.1) is 11.7 Å². The molecule has 138 valence electrons. The first-order chi connectivity index (χ1) is 12.2. The minimum absolute atomic E-state index is 0.254. The molecule has 0 radical (unpaired) electrons. The van der Waals surface area contributed by atoms with E-state index in [1.54, 1.807) is 32.0 Å². The van der Waals surface area contributed by atoms with Crippen LogP contribution in [0.15, 0.2) is 48.5 Å². The predicted octanol–water partition coefficient (Wildman–Crippen LogP) is 4.05. The lowest BCUT2D eigenvalue weighted by atomic mass is 9.98. The van der Waals surface area contributed by atoms with Crippen LogP contribution in [-0.2, 0) is 15.7 Å². The van der Waals surface area contributed by atoms with E-state index in [0.29, 0.717) is 11.1 Å². The Labute approximate surface area is 149 Å². The number of amides is 1. The quantitative estimate of drug-likeness (QED) is 0.813. The Morgan fingerprint density at radius 1 is 1.04 bits per heavy atom. The molecule has 0 bridgehead atoms. The minimum atomic E-state index is -4.42. The summed E-state index contributed by atoms with van der Waals surface area (Å²) in [4.78, 5) is 23.9. The van der Waals surface area contributed by atoms with Crippen molar-refractivity contribution in [3.63, 3.8) is 0 Å². The van der Waals surface area contributed by atoms with Gasteiger partial charge in [0, 0.05) is 5.56 Å². The summed E-state index contributed by atoms with van der Waals surface area (Å²) >= 11 is 0. The van der Waals surface area contributed by atoms with Crippen molar-refractivity contribution in [3.05, 3.63) is 59.7 Å². The summed E-state index contributed by atoms with van der Waals surface area (Å²) in [6, 6.07) is 11.0. The summed E-state index contributed by atoms with van der Waals surface area (Å²) in [6.45, 7) is 3.09. The second kappa shape index (κ2) is 8.03. The van der Waals surface area contributed by atoms with Crippen molar-refractivity contribution in [3.8, 4) is 11.1 Å². The molecule has 0 fully saturated rings. The maximum absolute atomic E-state index is 12.7. The van der Waals surface area contributed by atoms with E-state index in [-0.39, 0.29) is 18.2 Å². The van der Waals surface area contributed by atoms with Crippen LogP contribution in [0.4, 0.5) is 13.2 Å². The van der Waals surface area contributed by atoms with Gasteiger partial charge < -0.3 is 10.1 Å². The van der Waals surface area contributed by atoms with Crippen LogP contribution in [0.5, 0.6) is 0 Å². The molecule has 0 heterocycles. The normalized spacial score (nSPS) is 11.3. The fourth-order valence-electron chi connectivity index (χ4n) is 2.32. The van der Waals surface area contributed by atoms with Gasteiger partial charge >= 0.3 is 12.1 Å². The molecule has 2 rings (SSSR count). The van der Waals surface area contributed by atoms with Gasteiger partial charge in [0.25, 0.3) is 5.91 Å². The zero-order valence-corrected chi connectivity index (χ0v) is 14.3. The molecule has 0 aliphatic heterocycles. The molecule has 2 aromatic rings. The number of ether oxygens (including phenoxy) is 1. The first-order valence-electron chi connectivity index (χ1n) is 7.93. The number of halogens is 3. The van der Waals surface area contributed by atoms with Crippen LogP contribution in [0.25, 0.3) is 11.1 Å². The fraction of sp³-hybridized carbons (Fsp3) is 0.263. The number of benzene rings is 2. The second-order valence-electron chi connectivity index (χ2n) is 5.84. The number of rotatable bonds is 5. The molecule has 0 aromatic heterocycles. The van der Waals surface area contributed by atoms with E-state index in [9.17, 15) is 22.8 Å². The summed E-state index contributed by atoms with van der Waals surface area (Å²) in [7, 11) is 0. The van der Waals surface area contributed by atoms with Crippen molar-refractivity contribution in [2.75, 3.05) is 6.54 Å². The Morgan fingerprint density at radius 2 is 1.65 bits per heavy atom. The van der Waals surface area contributed by atoms with Gasteiger partial charge in [-0.3, -0.25) is 9.59 Å². The Hall–Kier alpha value is -2.83. The Balaban J connectivity index is 2.19. The highest BCUT2D eigenvalue weighted by molar-refractivity contribution is 6.01. The third kappa shape index (κ3) is 5.08. The highest BCUT2D eigenvalue weighted by atomic mass is 19.4. The molecule has 26 heavy (non-hydrogen) atoms. The fourth-order valence-corrected chi connectivity index (χ4v) is 2.32. The van der Waals surface area contributed by atoms with Gasteiger partial charge in [0.15, 0.2) is 0 Å². The summed E-state index contributed by atoms with van der Waals surface area (Å²) in [5.41, 5.74) is 0.425. The number of carbonyl (C=O) groups excluding carboxylic acids is 2. The molecular formula is C19H18F3NO3. The van der Waals surface area contributed by atoms with Crippen molar-refractivity contribution in [2.45, 2.75) is 26.1 Å². The van der Waals surface area contributed by atoms with Crippen molar-refractivity contribution in [2.24, 2.45) is 0 Å². The van der Waals surface area contributed by atoms with Crippen molar-refractivity contribution >= 4 is 11.9 Å². The average molecular weight is 365 g/mol. The van der Waals surface area contributed by atoms with Crippen molar-refractivity contribution in [1.29, 1.82) is 0 Å². The van der Waals surface area contributed by atoms with Gasteiger partial charge in [-0.1, -0.05) is 30.3 Å². The van der Waals surface area contributed by atoms with E-state index < -0.39 is 23.6 Å². The Bertz CT molecular complexity index is 783. The van der Waals surface area contributed by atoms with Crippen LogP contribution in [0, 0.1) is 0 Å². The lowest BCUT2D eigenvalue weighted by Crippen LogP contribution is -2.32. The molecule has 0 saturated carbocycles. The van der Waals surface area contributed by atoms with E-state index in [1.807, 2.05) is 0 Å². The average Bonchev–Trinajstić information content (AvgIpc) is 2.58. The second-order valence-corrected chi connectivity index (χ2v) is 5.84. The number of esters is 1. The van der Waals surface area contributed by atoms with E-state index in [0.717, 1.165) is 12.1 Å². The van der Waals surface area contributed by atoms with E-state index in [4.69, 9.17) is 4.74 Å². The summed E-state index contributed by atoms with van der Waals surface area (Å²) in [5, 5.41) is 2.46. The van der Waals surface area contributed by atoms with Crippen molar-refractivity contribution in [1.82, 2.24) is 5.32 Å². The number of hydrogen-bond acceptors (Lipinski definition) is 3. The number of alkyl halides is 3. The van der Waals surface area contributed by atoms with Gasteiger partial charge in [0.1, 0.15) is 6.54 Å². The Morgan fingerprint density at radius 3 is 2.23 bits per heavy atom. The van der Waals surface area contributed by atoms with Gasteiger partial charge in [-0.2, -0.15) is 13.2 Å². The molecule has 0 spiro atoms. The van der Waals surface area contributed by atoms with Gasteiger partial charge in [-0.05, 0) is 43.2 Å².